The molecule has 0 N–H and O–H groups in total. The number of carbonyl (C=O) groups is 3. The molecule has 0 saturated carbocycles. The highest BCUT2D eigenvalue weighted by atomic mass is 19.1. The van der Waals surface area contributed by atoms with Crippen LogP contribution in [0.2, 0.25) is 0 Å². The maximum absolute atomic E-state index is 14.4. The third kappa shape index (κ3) is 5.42. The summed E-state index contributed by atoms with van der Waals surface area (Å²) in [5.74, 6) is -0.228. The number of ether oxygens (including phenoxy) is 3. The van der Waals surface area contributed by atoms with Gasteiger partial charge in [-0.05, 0) is 42.8 Å². The number of esters is 1. The number of nitrogens with zero attached hydrogens (tertiary/aromatic N) is 2. The first-order valence-electron chi connectivity index (χ1n) is 10.8. The number of amides is 1. The first kappa shape index (κ1) is 22.6. The summed E-state index contributed by atoms with van der Waals surface area (Å²) in [7, 11) is 0. The van der Waals surface area contributed by atoms with Gasteiger partial charge in [0, 0.05) is 31.7 Å². The van der Waals surface area contributed by atoms with Crippen LogP contribution < -0.4 is 14.4 Å². The van der Waals surface area contributed by atoms with Gasteiger partial charge in [0.05, 0.1) is 12.1 Å². The number of halogens is 1. The number of fused-ring (bicyclic) bond motifs is 1. The van der Waals surface area contributed by atoms with Gasteiger partial charge in [-0.15, -0.1) is 0 Å². The van der Waals surface area contributed by atoms with Gasteiger partial charge in [0.2, 0.25) is 0 Å². The van der Waals surface area contributed by atoms with Crippen molar-refractivity contribution in [1.29, 1.82) is 0 Å². The zero-order valence-corrected chi connectivity index (χ0v) is 18.3. The number of rotatable bonds is 6. The van der Waals surface area contributed by atoms with Crippen LogP contribution in [-0.2, 0) is 20.7 Å². The average molecular weight is 456 g/mol. The summed E-state index contributed by atoms with van der Waals surface area (Å²) >= 11 is 0. The van der Waals surface area contributed by atoms with Crippen molar-refractivity contribution >= 4 is 23.3 Å². The molecule has 0 atom stereocenters. The van der Waals surface area contributed by atoms with Crippen molar-refractivity contribution in [1.82, 2.24) is 4.90 Å². The van der Waals surface area contributed by atoms with Crippen molar-refractivity contribution in [3.05, 3.63) is 53.3 Å². The summed E-state index contributed by atoms with van der Waals surface area (Å²) in [6, 6.07) is 9.66. The van der Waals surface area contributed by atoms with Gasteiger partial charge in [0.25, 0.3) is 5.91 Å². The molecule has 0 aliphatic carbocycles. The van der Waals surface area contributed by atoms with Gasteiger partial charge in [-0.3, -0.25) is 14.4 Å². The van der Waals surface area contributed by atoms with Crippen LogP contribution in [0.4, 0.5) is 10.1 Å². The lowest BCUT2D eigenvalue weighted by Crippen LogP contribution is -2.50. The van der Waals surface area contributed by atoms with E-state index in [1.807, 2.05) is 4.90 Å². The van der Waals surface area contributed by atoms with Crippen LogP contribution in [0.1, 0.15) is 22.8 Å². The maximum Gasteiger partial charge on any atom is 0.310 e. The van der Waals surface area contributed by atoms with Crippen molar-refractivity contribution in [2.24, 2.45) is 0 Å². The molecule has 33 heavy (non-hydrogen) atoms. The molecule has 2 aromatic carbocycles. The summed E-state index contributed by atoms with van der Waals surface area (Å²) in [5, 5.41) is 0. The number of Topliss-reactive ketones (excluding diaryl/α,β-unsaturated/α-hetero) is 1. The lowest BCUT2D eigenvalue weighted by atomic mass is 10.1. The second kappa shape index (κ2) is 9.89. The molecule has 1 fully saturated rings. The molecule has 4 rings (SSSR count). The Morgan fingerprint density at radius 3 is 2.39 bits per heavy atom. The van der Waals surface area contributed by atoms with E-state index in [9.17, 15) is 18.8 Å². The minimum absolute atomic E-state index is 0.0211. The fraction of sp³-hybridized carbons (Fsp3) is 0.375. The van der Waals surface area contributed by atoms with Gasteiger partial charge >= 0.3 is 5.97 Å². The number of benzene rings is 2. The van der Waals surface area contributed by atoms with Crippen molar-refractivity contribution < 1.29 is 33.0 Å². The second-order valence-electron chi connectivity index (χ2n) is 7.91. The molecule has 0 bridgehead atoms. The van der Waals surface area contributed by atoms with Crippen LogP contribution in [0.15, 0.2) is 36.4 Å². The van der Waals surface area contributed by atoms with Crippen molar-refractivity contribution in [2.75, 3.05) is 50.9 Å². The van der Waals surface area contributed by atoms with Crippen molar-refractivity contribution in [2.45, 2.75) is 13.3 Å². The molecule has 0 radical (unpaired) electrons. The van der Waals surface area contributed by atoms with Crippen LogP contribution >= 0.6 is 0 Å². The van der Waals surface area contributed by atoms with E-state index in [2.05, 4.69) is 0 Å². The fourth-order valence-electron chi connectivity index (χ4n) is 3.83. The van der Waals surface area contributed by atoms with Crippen LogP contribution in [0, 0.1) is 5.82 Å². The molecule has 2 aliphatic heterocycles. The van der Waals surface area contributed by atoms with Gasteiger partial charge in [-0.25, -0.2) is 4.39 Å². The van der Waals surface area contributed by atoms with Gasteiger partial charge in [0.1, 0.15) is 19.0 Å². The predicted molar refractivity (Wildman–Crippen MR) is 117 cm³/mol. The SMILES string of the molecule is CC(=O)c1ccc(N2CCN(C(=O)COC(=O)Cc3ccc4c(c3)OCCO4)CC2)c(F)c1. The number of anilines is 1. The van der Waals surface area contributed by atoms with Gasteiger partial charge in [-0.1, -0.05) is 6.07 Å². The highest BCUT2D eigenvalue weighted by Crippen LogP contribution is 2.31. The van der Waals surface area contributed by atoms with Crippen LogP contribution in [0.25, 0.3) is 0 Å². The number of carbonyl (C=O) groups excluding carboxylic acids is 3. The van der Waals surface area contributed by atoms with Crippen LogP contribution in [0.3, 0.4) is 0 Å². The number of hydrogen-bond acceptors (Lipinski definition) is 7. The normalized spacial score (nSPS) is 15.2. The molecule has 174 valence electrons. The smallest absolute Gasteiger partial charge is 0.310 e. The quantitative estimate of drug-likeness (QED) is 0.487. The zero-order chi connectivity index (χ0) is 23.4. The van der Waals surface area contributed by atoms with E-state index < -0.39 is 11.8 Å². The molecule has 1 amide bonds. The second-order valence-corrected chi connectivity index (χ2v) is 7.91. The molecule has 1 saturated heterocycles. The van der Waals surface area contributed by atoms with E-state index in [4.69, 9.17) is 14.2 Å². The molecule has 0 aromatic heterocycles. The average Bonchev–Trinajstić information content (AvgIpc) is 2.82. The number of piperazine rings is 1. The summed E-state index contributed by atoms with van der Waals surface area (Å²) in [5.41, 5.74) is 1.43. The summed E-state index contributed by atoms with van der Waals surface area (Å²) in [4.78, 5) is 39.5. The minimum Gasteiger partial charge on any atom is -0.486 e. The van der Waals surface area contributed by atoms with Gasteiger partial charge in [-0.2, -0.15) is 0 Å². The Labute approximate surface area is 190 Å². The van der Waals surface area contributed by atoms with Crippen LogP contribution in [0.5, 0.6) is 11.5 Å². The Morgan fingerprint density at radius 1 is 0.970 bits per heavy atom. The number of ketones is 1. The fourth-order valence-corrected chi connectivity index (χ4v) is 3.83. The van der Waals surface area contributed by atoms with Crippen molar-refractivity contribution in [3.8, 4) is 11.5 Å². The Hall–Kier alpha value is -3.62. The molecule has 9 heteroatoms. The van der Waals surface area contributed by atoms with E-state index in [0.29, 0.717) is 67.7 Å². The van der Waals surface area contributed by atoms with E-state index >= 15 is 0 Å². The van der Waals surface area contributed by atoms with E-state index in [-0.39, 0.29) is 24.7 Å². The van der Waals surface area contributed by atoms with Gasteiger partial charge in [0.15, 0.2) is 23.9 Å². The third-order valence-electron chi connectivity index (χ3n) is 5.64. The molecule has 2 aromatic rings. The summed E-state index contributed by atoms with van der Waals surface area (Å²) in [6.45, 7) is 3.64. The highest BCUT2D eigenvalue weighted by Gasteiger charge is 2.24. The maximum atomic E-state index is 14.4. The standard InChI is InChI=1S/C24H25FN2O6/c1-16(28)18-3-4-20(19(25)14-18)26-6-8-27(9-7-26)23(29)15-33-24(30)13-17-2-5-21-22(12-17)32-11-10-31-21/h2-5,12,14H,6-11,13,15H2,1H3. The highest BCUT2D eigenvalue weighted by molar-refractivity contribution is 5.94. The Kier molecular flexibility index (Phi) is 6.76. The lowest BCUT2D eigenvalue weighted by molar-refractivity contribution is -0.151. The lowest BCUT2D eigenvalue weighted by Gasteiger charge is -2.36. The molecule has 0 unspecified atom stereocenters. The largest absolute Gasteiger partial charge is 0.486 e. The third-order valence-corrected chi connectivity index (χ3v) is 5.64. The van der Waals surface area contributed by atoms with Gasteiger partial charge < -0.3 is 24.0 Å². The topological polar surface area (TPSA) is 85.4 Å². The summed E-state index contributed by atoms with van der Waals surface area (Å²) in [6.07, 6.45) is 0.0211. The minimum atomic E-state index is -0.508. The van der Waals surface area contributed by atoms with Crippen LogP contribution in [-0.4, -0.2) is 68.6 Å². The molecule has 2 heterocycles. The van der Waals surface area contributed by atoms with E-state index in [1.165, 1.54) is 13.0 Å². The number of hydrogen-bond donors (Lipinski definition) is 0. The molecular formula is C24H25FN2O6. The monoisotopic (exact) mass is 456 g/mol. The molecule has 0 spiro atoms. The first-order valence-corrected chi connectivity index (χ1v) is 10.8. The molecular weight excluding hydrogens is 431 g/mol. The molecule has 8 nitrogen and oxygen atoms in total. The predicted octanol–water partition coefficient (Wildman–Crippen LogP) is 2.23. The summed E-state index contributed by atoms with van der Waals surface area (Å²) < 4.78 is 30.5. The van der Waals surface area contributed by atoms with E-state index in [1.54, 1.807) is 35.2 Å². The van der Waals surface area contributed by atoms with Crippen molar-refractivity contribution in [3.63, 3.8) is 0 Å². The Morgan fingerprint density at radius 2 is 1.70 bits per heavy atom. The zero-order valence-electron chi connectivity index (χ0n) is 18.3. The molecule has 2 aliphatic rings. The Bertz CT molecular complexity index is 1060. The first-order chi connectivity index (χ1) is 15.9. The van der Waals surface area contributed by atoms with E-state index in [0.717, 1.165) is 0 Å². The Balaban J connectivity index is 1.24.